The van der Waals surface area contributed by atoms with Crippen molar-refractivity contribution in [1.82, 2.24) is 20.3 Å². The zero-order valence-corrected chi connectivity index (χ0v) is 25.3. The highest BCUT2D eigenvalue weighted by Gasteiger charge is 2.30. The Labute approximate surface area is 248 Å². The topological polar surface area (TPSA) is 139 Å². The summed E-state index contributed by atoms with van der Waals surface area (Å²) in [7, 11) is 0. The molecule has 13 heteroatoms. The number of anilines is 4. The second-order valence-corrected chi connectivity index (χ2v) is 12.1. The van der Waals surface area contributed by atoms with Crippen LogP contribution in [-0.4, -0.2) is 71.2 Å². The number of ether oxygens (including phenoxy) is 2. The van der Waals surface area contributed by atoms with E-state index in [1.165, 1.54) is 11.3 Å². The Morgan fingerprint density at radius 1 is 1.07 bits per heavy atom. The van der Waals surface area contributed by atoms with E-state index in [0.29, 0.717) is 52.7 Å². The van der Waals surface area contributed by atoms with E-state index in [1.807, 2.05) is 37.8 Å². The van der Waals surface area contributed by atoms with Gasteiger partial charge in [0.25, 0.3) is 0 Å². The lowest BCUT2D eigenvalue weighted by atomic mass is 10.1. The van der Waals surface area contributed by atoms with Gasteiger partial charge in [-0.1, -0.05) is 23.5 Å². The molecule has 2 aromatic heterocycles. The van der Waals surface area contributed by atoms with Crippen molar-refractivity contribution in [3.05, 3.63) is 51.5 Å². The summed E-state index contributed by atoms with van der Waals surface area (Å²) in [6, 6.07) is 7.39. The molecule has 3 aromatic rings. The van der Waals surface area contributed by atoms with Gasteiger partial charge in [0.2, 0.25) is 11.9 Å². The number of aromatic nitrogens is 3. The van der Waals surface area contributed by atoms with Gasteiger partial charge in [-0.2, -0.15) is 9.97 Å². The molecule has 4 heterocycles. The van der Waals surface area contributed by atoms with Crippen molar-refractivity contribution < 1.29 is 23.9 Å². The minimum atomic E-state index is -0.565. The SMILES string of the molecule is CCOC(=O)c1sc(Nc2nc(N3CCNC(=O)C3)c3c(n2)N(Cc2ccc(C(=O)OC(C)(C)C)cc2)CC3)nc1C. The van der Waals surface area contributed by atoms with Gasteiger partial charge in [0.15, 0.2) is 5.13 Å². The molecule has 0 radical (unpaired) electrons. The maximum Gasteiger partial charge on any atom is 0.350 e. The number of thiazole rings is 1. The number of rotatable bonds is 8. The minimum absolute atomic E-state index is 0.0577. The molecule has 0 bridgehead atoms. The Bertz CT molecular complexity index is 1500. The fraction of sp³-hybridized carbons (Fsp3) is 0.448. The van der Waals surface area contributed by atoms with Crippen LogP contribution in [-0.2, 0) is 27.2 Å². The molecule has 1 amide bonds. The smallest absolute Gasteiger partial charge is 0.350 e. The number of nitrogens with one attached hydrogen (secondary N) is 2. The summed E-state index contributed by atoms with van der Waals surface area (Å²) < 4.78 is 10.6. The standard InChI is InChI=1S/C29H35N7O5S/c1-6-40-26(39)22-17(2)31-28(42-22)34-27-32-23-20(24(33-27)36-14-12-30-21(37)16-36)11-13-35(23)15-18-7-9-19(10-8-18)25(38)41-29(3,4)5/h7-10H,6,11-16H2,1-5H3,(H,30,37)(H,31,32,33,34). The predicted octanol–water partition coefficient (Wildman–Crippen LogP) is 3.62. The number of piperazine rings is 1. The maximum atomic E-state index is 12.5. The van der Waals surface area contributed by atoms with Crippen molar-refractivity contribution in [2.75, 3.05) is 47.9 Å². The normalized spacial score (nSPS) is 14.8. The van der Waals surface area contributed by atoms with E-state index in [0.717, 1.165) is 29.9 Å². The van der Waals surface area contributed by atoms with Gasteiger partial charge in [-0.15, -0.1) is 0 Å². The molecule has 2 aliphatic heterocycles. The van der Waals surface area contributed by atoms with Crippen LogP contribution in [0.2, 0.25) is 0 Å². The molecule has 42 heavy (non-hydrogen) atoms. The van der Waals surface area contributed by atoms with Crippen LogP contribution >= 0.6 is 11.3 Å². The number of amides is 1. The number of esters is 2. The average molecular weight is 594 g/mol. The first-order chi connectivity index (χ1) is 20.0. The van der Waals surface area contributed by atoms with Crippen molar-refractivity contribution in [3.63, 3.8) is 0 Å². The van der Waals surface area contributed by atoms with Crippen LogP contribution in [0.25, 0.3) is 0 Å². The lowest BCUT2D eigenvalue weighted by molar-refractivity contribution is -0.120. The number of benzene rings is 1. The number of aryl methyl sites for hydroxylation is 1. The Kier molecular flexibility index (Phi) is 8.30. The van der Waals surface area contributed by atoms with Gasteiger partial charge in [0, 0.05) is 31.7 Å². The summed E-state index contributed by atoms with van der Waals surface area (Å²) >= 11 is 1.18. The summed E-state index contributed by atoms with van der Waals surface area (Å²) in [6.45, 7) is 12.0. The van der Waals surface area contributed by atoms with Crippen LogP contribution < -0.4 is 20.4 Å². The summed E-state index contributed by atoms with van der Waals surface area (Å²) in [5, 5.41) is 6.51. The molecular formula is C29H35N7O5S. The van der Waals surface area contributed by atoms with E-state index in [-0.39, 0.29) is 25.0 Å². The van der Waals surface area contributed by atoms with Gasteiger partial charge in [-0.25, -0.2) is 14.6 Å². The Morgan fingerprint density at radius 3 is 2.50 bits per heavy atom. The van der Waals surface area contributed by atoms with E-state index in [4.69, 9.17) is 19.4 Å². The fourth-order valence-corrected chi connectivity index (χ4v) is 5.68. The van der Waals surface area contributed by atoms with Crippen molar-refractivity contribution >= 4 is 51.9 Å². The molecule has 12 nitrogen and oxygen atoms in total. The number of hydrogen-bond acceptors (Lipinski definition) is 12. The number of fused-ring (bicyclic) bond motifs is 1. The summed E-state index contributed by atoms with van der Waals surface area (Å²) in [5.41, 5.74) is 2.48. The highest BCUT2D eigenvalue weighted by atomic mass is 32.1. The molecule has 5 rings (SSSR count). The predicted molar refractivity (Wildman–Crippen MR) is 160 cm³/mol. The van der Waals surface area contributed by atoms with Crippen LogP contribution in [0.4, 0.5) is 22.7 Å². The maximum absolute atomic E-state index is 12.5. The Balaban J connectivity index is 1.42. The van der Waals surface area contributed by atoms with Crippen LogP contribution in [0.15, 0.2) is 24.3 Å². The zero-order valence-electron chi connectivity index (χ0n) is 24.4. The van der Waals surface area contributed by atoms with Gasteiger partial charge in [-0.3, -0.25) is 10.1 Å². The lowest BCUT2D eigenvalue weighted by Gasteiger charge is -2.29. The van der Waals surface area contributed by atoms with Crippen molar-refractivity contribution in [2.45, 2.75) is 53.2 Å². The van der Waals surface area contributed by atoms with Gasteiger partial charge in [0.05, 0.1) is 24.4 Å². The van der Waals surface area contributed by atoms with Crippen LogP contribution in [0.1, 0.15) is 64.5 Å². The first-order valence-electron chi connectivity index (χ1n) is 13.9. The first kappa shape index (κ1) is 29.2. The summed E-state index contributed by atoms with van der Waals surface area (Å²) in [6.07, 6.45) is 0.725. The van der Waals surface area contributed by atoms with E-state index >= 15 is 0 Å². The number of carbonyl (C=O) groups is 3. The molecule has 0 unspecified atom stereocenters. The second kappa shape index (κ2) is 11.9. The summed E-state index contributed by atoms with van der Waals surface area (Å²) in [4.78, 5) is 55.7. The first-order valence-corrected chi connectivity index (χ1v) is 14.7. The third kappa shape index (κ3) is 6.62. The van der Waals surface area contributed by atoms with Crippen LogP contribution in [0.5, 0.6) is 0 Å². The third-order valence-electron chi connectivity index (χ3n) is 6.67. The molecule has 222 valence electrons. The quantitative estimate of drug-likeness (QED) is 0.370. The fourth-order valence-electron chi connectivity index (χ4n) is 4.82. The van der Waals surface area contributed by atoms with E-state index < -0.39 is 11.6 Å². The molecule has 2 aliphatic rings. The molecule has 1 saturated heterocycles. The van der Waals surface area contributed by atoms with E-state index in [2.05, 4.69) is 20.5 Å². The second-order valence-electron chi connectivity index (χ2n) is 11.1. The Hall–Kier alpha value is -4.26. The highest BCUT2D eigenvalue weighted by molar-refractivity contribution is 7.17. The van der Waals surface area contributed by atoms with Gasteiger partial charge in [0.1, 0.15) is 22.1 Å². The summed E-state index contributed by atoms with van der Waals surface area (Å²) in [5.74, 6) is 0.966. The zero-order chi connectivity index (χ0) is 30.0. The van der Waals surface area contributed by atoms with Crippen molar-refractivity contribution in [3.8, 4) is 0 Å². The average Bonchev–Trinajstić information content (AvgIpc) is 3.50. The molecule has 0 atom stereocenters. The van der Waals surface area contributed by atoms with Crippen LogP contribution in [0, 0.1) is 6.92 Å². The molecule has 1 fully saturated rings. The van der Waals surface area contributed by atoms with E-state index in [9.17, 15) is 14.4 Å². The number of nitrogens with zero attached hydrogens (tertiary/aromatic N) is 5. The third-order valence-corrected chi connectivity index (χ3v) is 7.72. The monoisotopic (exact) mass is 593 g/mol. The molecule has 0 saturated carbocycles. The van der Waals surface area contributed by atoms with Crippen molar-refractivity contribution in [1.29, 1.82) is 0 Å². The van der Waals surface area contributed by atoms with Gasteiger partial charge in [-0.05, 0) is 58.7 Å². The molecule has 0 aliphatic carbocycles. The highest BCUT2D eigenvalue weighted by Crippen LogP contribution is 2.36. The van der Waals surface area contributed by atoms with E-state index in [1.54, 1.807) is 26.0 Å². The largest absolute Gasteiger partial charge is 0.462 e. The number of carbonyl (C=O) groups excluding carboxylic acids is 3. The molecule has 2 N–H and O–H groups in total. The van der Waals surface area contributed by atoms with Gasteiger partial charge < -0.3 is 24.6 Å². The minimum Gasteiger partial charge on any atom is -0.462 e. The molecule has 1 aromatic carbocycles. The van der Waals surface area contributed by atoms with Crippen LogP contribution in [0.3, 0.4) is 0 Å². The lowest BCUT2D eigenvalue weighted by Crippen LogP contribution is -2.48. The molecule has 0 spiro atoms. The number of hydrogen-bond donors (Lipinski definition) is 2. The van der Waals surface area contributed by atoms with Crippen molar-refractivity contribution in [2.24, 2.45) is 0 Å². The van der Waals surface area contributed by atoms with Gasteiger partial charge >= 0.3 is 11.9 Å². The Morgan fingerprint density at radius 2 is 1.81 bits per heavy atom. The molecular weight excluding hydrogens is 558 g/mol.